The molecule has 2 heterocycles. The predicted molar refractivity (Wildman–Crippen MR) is 95.2 cm³/mol. The van der Waals surface area contributed by atoms with Crippen LogP contribution in [0.2, 0.25) is 0 Å². The molecular weight excluding hydrogens is 404 g/mol. The molecule has 1 atom stereocenters. The van der Waals surface area contributed by atoms with Gasteiger partial charge >= 0.3 is 12.4 Å². The van der Waals surface area contributed by atoms with Crippen molar-refractivity contribution in [2.24, 2.45) is 4.99 Å². The Morgan fingerprint density at radius 3 is 2.32 bits per heavy atom. The summed E-state index contributed by atoms with van der Waals surface area (Å²) in [7, 11) is 0. The maximum Gasteiger partial charge on any atom is 0.416 e. The first kappa shape index (κ1) is 20.8. The number of rotatable bonds is 4. The number of nitrogens with one attached hydrogen (secondary N) is 1. The van der Waals surface area contributed by atoms with Gasteiger partial charge in [-0.3, -0.25) is 0 Å². The molecule has 1 aliphatic heterocycles. The SMILES string of the molecule is CC(=Nc1nc(Cc2cc(C(F)(F)F)cc(C(F)(F)F)c2)cs1)C1CCCN1. The highest BCUT2D eigenvalue weighted by Gasteiger charge is 2.36. The van der Waals surface area contributed by atoms with E-state index in [1.165, 1.54) is 11.3 Å². The van der Waals surface area contributed by atoms with Crippen molar-refractivity contribution >= 4 is 22.2 Å². The van der Waals surface area contributed by atoms with Crippen LogP contribution >= 0.6 is 11.3 Å². The molecule has 1 saturated heterocycles. The van der Waals surface area contributed by atoms with Gasteiger partial charge in [0.2, 0.25) is 5.13 Å². The van der Waals surface area contributed by atoms with Gasteiger partial charge in [-0.25, -0.2) is 9.98 Å². The van der Waals surface area contributed by atoms with Crippen LogP contribution in [0.25, 0.3) is 0 Å². The van der Waals surface area contributed by atoms with Crippen LogP contribution in [0.1, 0.15) is 42.1 Å². The van der Waals surface area contributed by atoms with Crippen LogP contribution in [0.4, 0.5) is 31.5 Å². The quantitative estimate of drug-likeness (QED) is 0.514. The fourth-order valence-corrected chi connectivity index (χ4v) is 3.77. The monoisotopic (exact) mass is 421 g/mol. The molecule has 152 valence electrons. The standard InChI is InChI=1S/C18H17F6N3S/c1-10(15-3-2-4-25-15)26-16-27-14(9-28-16)7-11-5-12(17(19,20)21)8-13(6-11)18(22,23)24/h5-6,8-9,15,25H,2-4,7H2,1H3. The van der Waals surface area contributed by atoms with Gasteiger partial charge in [-0.15, -0.1) is 11.3 Å². The van der Waals surface area contributed by atoms with Gasteiger partial charge in [0, 0.05) is 23.6 Å². The Kier molecular flexibility index (Phi) is 5.81. The lowest BCUT2D eigenvalue weighted by molar-refractivity contribution is -0.143. The predicted octanol–water partition coefficient (Wildman–Crippen LogP) is 5.62. The van der Waals surface area contributed by atoms with E-state index in [9.17, 15) is 26.3 Å². The third-order valence-corrected chi connectivity index (χ3v) is 5.19. The van der Waals surface area contributed by atoms with Crippen LogP contribution in [0, 0.1) is 0 Å². The van der Waals surface area contributed by atoms with Crippen LogP contribution in [0.15, 0.2) is 28.6 Å². The van der Waals surface area contributed by atoms with E-state index in [0.29, 0.717) is 10.8 Å². The average Bonchev–Trinajstić information content (AvgIpc) is 3.25. The zero-order valence-electron chi connectivity index (χ0n) is 14.8. The number of hydrogen-bond donors (Lipinski definition) is 1. The zero-order chi connectivity index (χ0) is 20.5. The first-order valence-electron chi connectivity index (χ1n) is 8.54. The summed E-state index contributed by atoms with van der Waals surface area (Å²) in [6, 6.07) is 1.75. The number of hydrogen-bond acceptors (Lipinski definition) is 4. The Morgan fingerprint density at radius 2 is 1.79 bits per heavy atom. The summed E-state index contributed by atoms with van der Waals surface area (Å²) >= 11 is 1.20. The summed E-state index contributed by atoms with van der Waals surface area (Å²) in [5.74, 6) is 0. The lowest BCUT2D eigenvalue weighted by atomic mass is 10.0. The molecule has 3 rings (SSSR count). The second kappa shape index (κ2) is 7.82. The summed E-state index contributed by atoms with van der Waals surface area (Å²) < 4.78 is 77.8. The van der Waals surface area contributed by atoms with Crippen molar-refractivity contribution in [1.29, 1.82) is 0 Å². The number of aromatic nitrogens is 1. The molecule has 1 aromatic carbocycles. The second-order valence-electron chi connectivity index (χ2n) is 6.61. The van der Waals surface area contributed by atoms with Crippen molar-refractivity contribution < 1.29 is 26.3 Å². The summed E-state index contributed by atoms with van der Waals surface area (Å²) in [4.78, 5) is 8.66. The van der Waals surface area contributed by atoms with E-state index >= 15 is 0 Å². The van der Waals surface area contributed by atoms with Gasteiger partial charge in [0.15, 0.2) is 0 Å². The topological polar surface area (TPSA) is 37.3 Å². The van der Waals surface area contributed by atoms with E-state index in [4.69, 9.17) is 0 Å². The van der Waals surface area contributed by atoms with Crippen LogP contribution in [-0.4, -0.2) is 23.3 Å². The highest BCUT2D eigenvalue weighted by atomic mass is 32.1. The Labute approximate surface area is 161 Å². The minimum Gasteiger partial charge on any atom is -0.309 e. The van der Waals surface area contributed by atoms with E-state index in [-0.39, 0.29) is 24.1 Å². The minimum atomic E-state index is -4.86. The summed E-state index contributed by atoms with van der Waals surface area (Å²) in [6.07, 6.45) is -7.84. The maximum absolute atomic E-state index is 13.0. The molecule has 1 aromatic heterocycles. The molecule has 0 radical (unpaired) electrons. The van der Waals surface area contributed by atoms with Crippen molar-refractivity contribution in [1.82, 2.24) is 10.3 Å². The number of thiazole rings is 1. The molecule has 1 unspecified atom stereocenters. The zero-order valence-corrected chi connectivity index (χ0v) is 15.6. The summed E-state index contributed by atoms with van der Waals surface area (Å²) in [5, 5.41) is 5.33. The van der Waals surface area contributed by atoms with Gasteiger partial charge in [0.05, 0.1) is 16.8 Å². The molecule has 28 heavy (non-hydrogen) atoms. The lowest BCUT2D eigenvalue weighted by Crippen LogP contribution is -2.28. The summed E-state index contributed by atoms with van der Waals surface area (Å²) in [6.45, 7) is 2.78. The van der Waals surface area contributed by atoms with E-state index < -0.39 is 23.5 Å². The van der Waals surface area contributed by atoms with Crippen molar-refractivity contribution in [2.75, 3.05) is 6.54 Å². The third kappa shape index (κ3) is 5.11. The van der Waals surface area contributed by atoms with Crippen molar-refractivity contribution in [3.8, 4) is 0 Å². The van der Waals surface area contributed by atoms with Crippen LogP contribution in [0.5, 0.6) is 0 Å². The van der Waals surface area contributed by atoms with Crippen molar-refractivity contribution in [2.45, 2.75) is 44.6 Å². The van der Waals surface area contributed by atoms with E-state index in [0.717, 1.165) is 37.2 Å². The molecule has 0 aliphatic carbocycles. The molecule has 0 spiro atoms. The first-order valence-corrected chi connectivity index (χ1v) is 9.41. The van der Waals surface area contributed by atoms with Gasteiger partial charge in [0.25, 0.3) is 0 Å². The first-order chi connectivity index (χ1) is 13.0. The molecule has 0 amide bonds. The normalized spacial score (nSPS) is 18.7. The van der Waals surface area contributed by atoms with E-state index in [1.807, 2.05) is 6.92 Å². The molecule has 0 saturated carbocycles. The fourth-order valence-electron chi connectivity index (χ4n) is 3.03. The van der Waals surface area contributed by atoms with E-state index in [2.05, 4.69) is 15.3 Å². The van der Waals surface area contributed by atoms with Crippen LogP contribution in [0.3, 0.4) is 0 Å². The molecule has 10 heteroatoms. The Balaban J connectivity index is 1.83. The van der Waals surface area contributed by atoms with Crippen molar-refractivity contribution in [3.63, 3.8) is 0 Å². The van der Waals surface area contributed by atoms with Gasteiger partial charge in [-0.05, 0) is 50.1 Å². The average molecular weight is 421 g/mol. The van der Waals surface area contributed by atoms with Gasteiger partial charge in [-0.2, -0.15) is 26.3 Å². The summed E-state index contributed by atoms with van der Waals surface area (Å²) in [5.41, 5.74) is -1.51. The number of nitrogens with zero attached hydrogens (tertiary/aromatic N) is 2. The smallest absolute Gasteiger partial charge is 0.309 e. The number of alkyl halides is 6. The van der Waals surface area contributed by atoms with Crippen LogP contribution < -0.4 is 5.32 Å². The van der Waals surface area contributed by atoms with Crippen LogP contribution in [-0.2, 0) is 18.8 Å². The maximum atomic E-state index is 13.0. The Bertz CT molecular complexity index is 831. The fraction of sp³-hybridized carbons (Fsp3) is 0.444. The number of halogens is 6. The third-order valence-electron chi connectivity index (χ3n) is 4.41. The Hall–Kier alpha value is -1.94. The molecule has 1 N–H and O–H groups in total. The van der Waals surface area contributed by atoms with E-state index in [1.54, 1.807) is 5.38 Å². The molecule has 2 aromatic rings. The van der Waals surface area contributed by atoms with Gasteiger partial charge in [0.1, 0.15) is 0 Å². The largest absolute Gasteiger partial charge is 0.416 e. The highest BCUT2D eigenvalue weighted by molar-refractivity contribution is 7.13. The molecular formula is C18H17F6N3S. The number of benzene rings is 1. The minimum absolute atomic E-state index is 0.0999. The van der Waals surface area contributed by atoms with Gasteiger partial charge in [-0.1, -0.05) is 0 Å². The molecule has 3 nitrogen and oxygen atoms in total. The van der Waals surface area contributed by atoms with Crippen molar-refractivity contribution in [3.05, 3.63) is 46.0 Å². The molecule has 1 fully saturated rings. The lowest BCUT2D eigenvalue weighted by Gasteiger charge is -2.13. The molecule has 1 aliphatic rings. The number of aliphatic imine (C=N–C) groups is 1. The van der Waals surface area contributed by atoms with Gasteiger partial charge < -0.3 is 5.32 Å². The molecule has 0 bridgehead atoms. The highest BCUT2D eigenvalue weighted by Crippen LogP contribution is 2.37. The Morgan fingerprint density at radius 1 is 1.14 bits per heavy atom. The second-order valence-corrected chi connectivity index (χ2v) is 7.45.